The third-order valence-corrected chi connectivity index (χ3v) is 15.3. The molecule has 4 N–H and O–H groups in total. The van der Waals surface area contributed by atoms with Crippen LogP contribution in [0.15, 0.2) is 78.0 Å². The van der Waals surface area contributed by atoms with Crippen molar-refractivity contribution >= 4 is 44.0 Å². The summed E-state index contributed by atoms with van der Waals surface area (Å²) in [6, 6.07) is 13.4. The van der Waals surface area contributed by atoms with E-state index in [1.807, 2.05) is 9.62 Å². The van der Waals surface area contributed by atoms with Gasteiger partial charge >= 0.3 is 0 Å². The Morgan fingerprint density at radius 2 is 1.77 bits per heavy atom. The van der Waals surface area contributed by atoms with Gasteiger partial charge in [-0.2, -0.15) is 0 Å². The Hall–Kier alpha value is -5.72. The van der Waals surface area contributed by atoms with Crippen LogP contribution < -0.4 is 19.7 Å². The van der Waals surface area contributed by atoms with Crippen molar-refractivity contribution in [3.8, 4) is 11.5 Å². The van der Waals surface area contributed by atoms with Crippen LogP contribution in [-0.4, -0.2) is 77.0 Å². The lowest BCUT2D eigenvalue weighted by molar-refractivity contribution is -0.384. The highest BCUT2D eigenvalue weighted by molar-refractivity contribution is 7.90. The Morgan fingerprint density at radius 3 is 2.52 bits per heavy atom. The molecule has 2 aliphatic heterocycles. The quantitative estimate of drug-likeness (QED) is 0.0694. The molecule has 338 valence electrons. The van der Waals surface area contributed by atoms with Gasteiger partial charge in [0.1, 0.15) is 28.7 Å². The number of fused-ring (bicyclic) bond motifs is 1. The van der Waals surface area contributed by atoms with Crippen LogP contribution in [0.1, 0.15) is 93.1 Å². The monoisotopic (exact) mass is 901 g/mol. The Labute approximate surface area is 368 Å². The number of pyridine rings is 1. The Bertz CT molecular complexity index is 2710. The van der Waals surface area contributed by atoms with Gasteiger partial charge < -0.3 is 25.0 Å². The lowest BCUT2D eigenvalue weighted by Crippen LogP contribution is -2.55. The Morgan fingerprint density at radius 1 is 1.00 bits per heavy atom. The van der Waals surface area contributed by atoms with Crippen molar-refractivity contribution in [2.75, 3.05) is 36.4 Å². The standard InChI is InChI=1S/C46H50F3N7O7S/c1-45(58)12-9-28(10-13-45)26-51-37-8-7-32(21-40(37)56(59)60)64(61,62)53-44(57)34-22-36(48)39(23-41(34)63-31-20-29-11-16-50-43(29)52-27-31)54-18-14-46(15-19-54)24-30(25-46)55-17-3-6-38(55)33-4-2-5-35(47)42(33)49/h2,4-5,7-8,11,16,20-23,27-28,30,38,51,58H,3,6,9-10,12-15,17-19,24-26H2,1H3,(H,50,52)(H,53,57)/t28?,38-,45?/m0/s1. The molecule has 1 amide bonds. The Kier molecular flexibility index (Phi) is 11.6. The highest BCUT2D eigenvalue weighted by Crippen LogP contribution is 2.54. The van der Waals surface area contributed by atoms with Crippen molar-refractivity contribution in [3.05, 3.63) is 112 Å². The molecule has 5 aromatic rings. The number of piperidine rings is 1. The number of nitrogens with zero attached hydrogens (tertiary/aromatic N) is 4. The summed E-state index contributed by atoms with van der Waals surface area (Å²) in [5.74, 6) is -3.39. The fourth-order valence-electron chi connectivity index (χ4n) is 10.3. The summed E-state index contributed by atoms with van der Waals surface area (Å²) in [7, 11) is -4.73. The van der Waals surface area contributed by atoms with Gasteiger partial charge in [0.05, 0.1) is 32.9 Å². The third kappa shape index (κ3) is 8.74. The normalized spacial score (nSPS) is 22.7. The summed E-state index contributed by atoms with van der Waals surface area (Å²) >= 11 is 0. The van der Waals surface area contributed by atoms with Gasteiger partial charge in [-0.05, 0) is 125 Å². The summed E-state index contributed by atoms with van der Waals surface area (Å²) in [6.07, 6.45) is 10.7. The van der Waals surface area contributed by atoms with E-state index in [2.05, 4.69) is 20.2 Å². The van der Waals surface area contributed by atoms with Crippen molar-refractivity contribution in [1.82, 2.24) is 19.6 Å². The first kappa shape index (κ1) is 43.5. The van der Waals surface area contributed by atoms with Gasteiger partial charge in [-0.1, -0.05) is 12.1 Å². The van der Waals surface area contributed by atoms with Gasteiger partial charge in [-0.25, -0.2) is 31.3 Å². The van der Waals surface area contributed by atoms with Gasteiger partial charge in [0.2, 0.25) is 0 Å². The van der Waals surface area contributed by atoms with E-state index >= 15 is 4.39 Å². The number of nitrogens with one attached hydrogen (secondary N) is 3. The molecule has 4 aliphatic rings. The molecule has 0 unspecified atom stereocenters. The van der Waals surface area contributed by atoms with E-state index in [1.54, 1.807) is 37.4 Å². The molecular weight excluding hydrogens is 852 g/mol. The summed E-state index contributed by atoms with van der Waals surface area (Å²) in [6.45, 7) is 3.97. The number of hydrogen-bond donors (Lipinski definition) is 4. The smallest absolute Gasteiger partial charge is 0.293 e. The summed E-state index contributed by atoms with van der Waals surface area (Å²) in [5, 5.41) is 26.2. The zero-order valence-corrected chi connectivity index (χ0v) is 36.1. The number of anilines is 2. The number of ether oxygens (including phenoxy) is 1. The number of carbonyl (C=O) groups excluding carboxylic acids is 1. The maximum absolute atomic E-state index is 16.3. The molecule has 3 aromatic carbocycles. The van der Waals surface area contributed by atoms with Gasteiger partial charge in [0.15, 0.2) is 11.6 Å². The van der Waals surface area contributed by atoms with Crippen LogP contribution in [0.4, 0.5) is 30.2 Å². The van der Waals surface area contributed by atoms with Crippen molar-refractivity contribution in [3.63, 3.8) is 0 Å². The van der Waals surface area contributed by atoms with Crippen molar-refractivity contribution in [2.45, 2.75) is 93.7 Å². The number of aliphatic hydroxyl groups is 1. The molecule has 2 aromatic heterocycles. The van der Waals surface area contributed by atoms with E-state index in [0.29, 0.717) is 49.1 Å². The van der Waals surface area contributed by atoms with E-state index in [1.165, 1.54) is 18.3 Å². The van der Waals surface area contributed by atoms with Crippen LogP contribution in [-0.2, 0) is 10.0 Å². The lowest BCUT2D eigenvalue weighted by atomic mass is 9.60. The molecule has 4 heterocycles. The molecule has 4 fully saturated rings. The summed E-state index contributed by atoms with van der Waals surface area (Å²) < 4.78 is 80.7. The van der Waals surface area contributed by atoms with E-state index < -0.39 is 60.1 Å². The fourth-order valence-corrected chi connectivity index (χ4v) is 11.3. The van der Waals surface area contributed by atoms with Crippen LogP contribution in [0.3, 0.4) is 0 Å². The average molecular weight is 902 g/mol. The molecule has 0 bridgehead atoms. The summed E-state index contributed by atoms with van der Waals surface area (Å²) in [5.41, 5.74) is -0.423. The zero-order valence-electron chi connectivity index (χ0n) is 35.3. The first-order chi connectivity index (χ1) is 30.6. The summed E-state index contributed by atoms with van der Waals surface area (Å²) in [4.78, 5) is 36.3. The number of hydrogen-bond acceptors (Lipinski definition) is 11. The third-order valence-electron chi connectivity index (χ3n) is 14.0. The number of carbonyl (C=O) groups is 1. The van der Waals surface area contributed by atoms with E-state index in [-0.39, 0.29) is 46.3 Å². The highest BCUT2D eigenvalue weighted by atomic mass is 32.2. The predicted molar refractivity (Wildman–Crippen MR) is 233 cm³/mol. The topological polar surface area (TPSA) is 183 Å². The molecule has 0 radical (unpaired) electrons. The lowest BCUT2D eigenvalue weighted by Gasteiger charge is -2.56. The second kappa shape index (κ2) is 17.0. The molecule has 1 atom stereocenters. The second-order valence-corrected chi connectivity index (χ2v) is 20.0. The maximum atomic E-state index is 16.3. The first-order valence-corrected chi connectivity index (χ1v) is 23.3. The number of sulfonamides is 1. The minimum Gasteiger partial charge on any atom is -0.455 e. The number of benzene rings is 3. The second-order valence-electron chi connectivity index (χ2n) is 18.3. The van der Waals surface area contributed by atoms with E-state index in [0.717, 1.165) is 82.2 Å². The number of amides is 1. The average Bonchev–Trinajstić information content (AvgIpc) is 3.94. The number of aromatic nitrogens is 2. The molecule has 14 nitrogen and oxygen atoms in total. The van der Waals surface area contributed by atoms with Crippen molar-refractivity contribution in [1.29, 1.82) is 0 Å². The van der Waals surface area contributed by atoms with Crippen LogP contribution in [0.25, 0.3) is 11.0 Å². The molecule has 64 heavy (non-hydrogen) atoms. The van der Waals surface area contributed by atoms with E-state index in [4.69, 9.17) is 4.74 Å². The van der Waals surface area contributed by atoms with Gasteiger partial charge in [0.25, 0.3) is 21.6 Å². The van der Waals surface area contributed by atoms with Crippen LogP contribution in [0.5, 0.6) is 11.5 Å². The van der Waals surface area contributed by atoms with Crippen LogP contribution >= 0.6 is 0 Å². The number of nitro benzene ring substituents is 1. The highest BCUT2D eigenvalue weighted by Gasteiger charge is 2.50. The molecule has 2 saturated carbocycles. The van der Waals surface area contributed by atoms with Crippen molar-refractivity contribution < 1.29 is 41.2 Å². The molecule has 9 rings (SSSR count). The number of halogens is 3. The molecule has 18 heteroatoms. The SMILES string of the molecule is CC1(O)CCC(CNc2ccc(S(=O)(=O)NC(=O)c3cc(F)c(N4CCC5(CC4)CC(N4CCC[C@H]4c4cccc(F)c4F)C5)cc3Oc3cnc4[nH]ccc4c3)cc2[N+](=O)[O-])CC1. The van der Waals surface area contributed by atoms with E-state index in [9.17, 15) is 37.2 Å². The number of aromatic amines is 1. The molecule has 1 spiro atoms. The van der Waals surface area contributed by atoms with Gasteiger partial charge in [0, 0.05) is 61.0 Å². The maximum Gasteiger partial charge on any atom is 0.293 e. The molecular formula is C46H50F3N7O7S. The molecule has 2 saturated heterocycles. The Balaban J connectivity index is 0.915. The minimum atomic E-state index is -4.73. The van der Waals surface area contributed by atoms with Crippen molar-refractivity contribution in [2.24, 2.45) is 11.3 Å². The van der Waals surface area contributed by atoms with Crippen LogP contribution in [0, 0.1) is 38.9 Å². The number of H-pyrrole nitrogens is 1. The number of likely N-dealkylation sites (tertiary alicyclic amines) is 1. The fraction of sp³-hybridized carbons (Fsp3) is 0.435. The van der Waals surface area contributed by atoms with Gasteiger partial charge in [-0.3, -0.25) is 19.8 Å². The van der Waals surface area contributed by atoms with Gasteiger partial charge in [-0.15, -0.1) is 0 Å². The number of rotatable bonds is 12. The zero-order chi connectivity index (χ0) is 45.0. The number of nitro groups is 1. The van der Waals surface area contributed by atoms with Crippen LogP contribution in [0.2, 0.25) is 0 Å². The largest absolute Gasteiger partial charge is 0.455 e. The minimum absolute atomic E-state index is 0.0122. The first-order valence-electron chi connectivity index (χ1n) is 21.8. The molecule has 2 aliphatic carbocycles. The predicted octanol–water partition coefficient (Wildman–Crippen LogP) is 8.74.